The van der Waals surface area contributed by atoms with E-state index in [0.29, 0.717) is 11.0 Å². The van der Waals surface area contributed by atoms with Crippen molar-refractivity contribution in [1.29, 1.82) is 0 Å². The van der Waals surface area contributed by atoms with E-state index in [-0.39, 0.29) is 11.3 Å². The molecule has 0 radical (unpaired) electrons. The molecule has 0 saturated heterocycles. The average molecular weight is 243 g/mol. The minimum absolute atomic E-state index is 0.159. The van der Waals surface area contributed by atoms with E-state index in [9.17, 15) is 9.59 Å². The quantitative estimate of drug-likeness (QED) is 0.646. The molecule has 3 aromatic rings. The molecule has 6 nitrogen and oxygen atoms in total. The van der Waals surface area contributed by atoms with Crippen LogP contribution < -0.4 is 5.56 Å². The molecule has 90 valence electrons. The molecule has 0 aliphatic carbocycles. The first-order chi connectivity index (χ1) is 8.70. The fourth-order valence-corrected chi connectivity index (χ4v) is 1.92. The van der Waals surface area contributed by atoms with Gasteiger partial charge < -0.3 is 14.1 Å². The van der Waals surface area contributed by atoms with Gasteiger partial charge in [0.25, 0.3) is 5.56 Å². The van der Waals surface area contributed by atoms with Crippen molar-refractivity contribution in [3.8, 4) is 0 Å². The van der Waals surface area contributed by atoms with E-state index in [1.54, 1.807) is 22.7 Å². The third-order valence-electron chi connectivity index (χ3n) is 2.77. The molecule has 0 aromatic carbocycles. The number of hydrogen-bond donors (Lipinski definition) is 1. The Labute approximate surface area is 101 Å². The Morgan fingerprint density at radius 1 is 1.44 bits per heavy atom. The number of aromatic nitrogens is 3. The van der Waals surface area contributed by atoms with Crippen LogP contribution in [0.3, 0.4) is 0 Å². The minimum Gasteiger partial charge on any atom is -0.464 e. The molecule has 0 unspecified atom stereocenters. The van der Waals surface area contributed by atoms with Gasteiger partial charge in [0.05, 0.1) is 24.3 Å². The summed E-state index contributed by atoms with van der Waals surface area (Å²) in [4.78, 5) is 29.9. The first kappa shape index (κ1) is 10.5. The minimum atomic E-state index is -0.537. The number of fused-ring (bicyclic) bond motifs is 3. The maximum absolute atomic E-state index is 11.8. The number of aromatic amines is 1. The second-order valence-corrected chi connectivity index (χ2v) is 3.80. The van der Waals surface area contributed by atoms with Gasteiger partial charge in [0, 0.05) is 6.20 Å². The molecular formula is C12H9N3O3. The van der Waals surface area contributed by atoms with E-state index in [1.807, 2.05) is 0 Å². The SMILES string of the molecule is COC(=O)c1cc2[nH]c(=O)c3cccn3c2cn1. The first-order valence-corrected chi connectivity index (χ1v) is 5.28. The van der Waals surface area contributed by atoms with Crippen molar-refractivity contribution in [2.75, 3.05) is 7.11 Å². The lowest BCUT2D eigenvalue weighted by Gasteiger charge is -2.04. The number of H-pyrrole nitrogens is 1. The number of ether oxygens (including phenoxy) is 1. The van der Waals surface area contributed by atoms with Crippen LogP contribution in [0.5, 0.6) is 0 Å². The van der Waals surface area contributed by atoms with Crippen LogP contribution in [-0.2, 0) is 4.74 Å². The predicted octanol–water partition coefficient (Wildman–Crippen LogP) is 0.962. The molecule has 1 N–H and O–H groups in total. The van der Waals surface area contributed by atoms with Gasteiger partial charge in [-0.05, 0) is 18.2 Å². The van der Waals surface area contributed by atoms with Gasteiger partial charge >= 0.3 is 5.97 Å². The third-order valence-corrected chi connectivity index (χ3v) is 2.77. The van der Waals surface area contributed by atoms with Crippen LogP contribution in [0.4, 0.5) is 0 Å². The molecule has 6 heteroatoms. The zero-order chi connectivity index (χ0) is 12.7. The highest BCUT2D eigenvalue weighted by molar-refractivity contribution is 5.91. The van der Waals surface area contributed by atoms with E-state index in [1.165, 1.54) is 19.4 Å². The van der Waals surface area contributed by atoms with E-state index in [2.05, 4.69) is 14.7 Å². The molecule has 0 spiro atoms. The smallest absolute Gasteiger partial charge is 0.356 e. The van der Waals surface area contributed by atoms with E-state index in [0.717, 1.165) is 5.52 Å². The van der Waals surface area contributed by atoms with Crippen LogP contribution >= 0.6 is 0 Å². The lowest BCUT2D eigenvalue weighted by molar-refractivity contribution is 0.0594. The van der Waals surface area contributed by atoms with Gasteiger partial charge in [-0.1, -0.05) is 0 Å². The zero-order valence-corrected chi connectivity index (χ0v) is 9.51. The number of methoxy groups -OCH3 is 1. The van der Waals surface area contributed by atoms with Crippen molar-refractivity contribution >= 4 is 22.5 Å². The lowest BCUT2D eigenvalue weighted by atomic mass is 10.3. The summed E-state index contributed by atoms with van der Waals surface area (Å²) in [6, 6.07) is 4.99. The maximum Gasteiger partial charge on any atom is 0.356 e. The Balaban J connectivity index is 2.39. The number of nitrogens with zero attached hydrogens (tertiary/aromatic N) is 2. The second-order valence-electron chi connectivity index (χ2n) is 3.80. The van der Waals surface area contributed by atoms with Crippen LogP contribution in [0.2, 0.25) is 0 Å². The Hall–Kier alpha value is -2.63. The first-order valence-electron chi connectivity index (χ1n) is 5.28. The summed E-state index contributed by atoms with van der Waals surface area (Å²) in [6.45, 7) is 0. The van der Waals surface area contributed by atoms with E-state index < -0.39 is 5.97 Å². The standard InChI is InChI=1S/C12H9N3O3/c1-18-12(17)8-5-7-10(6-13-8)15-4-2-3-9(15)11(16)14-7/h2-6H,1H3,(H,14,16). The van der Waals surface area contributed by atoms with Crippen molar-refractivity contribution in [3.05, 3.63) is 46.6 Å². The molecule has 0 saturated carbocycles. The summed E-state index contributed by atoms with van der Waals surface area (Å²) in [5.41, 5.74) is 1.75. The van der Waals surface area contributed by atoms with Crippen LogP contribution in [0.25, 0.3) is 16.6 Å². The summed E-state index contributed by atoms with van der Waals surface area (Å²) in [6.07, 6.45) is 3.30. The predicted molar refractivity (Wildman–Crippen MR) is 64.7 cm³/mol. The molecule has 0 atom stereocenters. The summed E-state index contributed by atoms with van der Waals surface area (Å²) >= 11 is 0. The lowest BCUT2D eigenvalue weighted by Crippen LogP contribution is -2.11. The number of rotatable bonds is 1. The monoisotopic (exact) mass is 243 g/mol. The summed E-state index contributed by atoms with van der Waals surface area (Å²) in [5.74, 6) is -0.537. The second kappa shape index (κ2) is 3.69. The van der Waals surface area contributed by atoms with Crippen molar-refractivity contribution in [2.24, 2.45) is 0 Å². The van der Waals surface area contributed by atoms with Crippen LogP contribution in [-0.4, -0.2) is 27.4 Å². The highest BCUT2D eigenvalue weighted by Gasteiger charge is 2.10. The summed E-state index contributed by atoms with van der Waals surface area (Å²) in [5, 5.41) is 0. The van der Waals surface area contributed by atoms with Crippen LogP contribution in [0, 0.1) is 0 Å². The molecule has 0 amide bonds. The number of nitrogens with one attached hydrogen (secondary N) is 1. The largest absolute Gasteiger partial charge is 0.464 e. The topological polar surface area (TPSA) is 76.5 Å². The fourth-order valence-electron chi connectivity index (χ4n) is 1.92. The van der Waals surface area contributed by atoms with Crippen molar-refractivity contribution in [3.63, 3.8) is 0 Å². The number of hydrogen-bond acceptors (Lipinski definition) is 4. The molecular weight excluding hydrogens is 234 g/mol. The molecule has 18 heavy (non-hydrogen) atoms. The number of pyridine rings is 1. The Morgan fingerprint density at radius 2 is 2.28 bits per heavy atom. The van der Waals surface area contributed by atoms with Gasteiger partial charge in [-0.3, -0.25) is 4.79 Å². The molecule has 0 bridgehead atoms. The van der Waals surface area contributed by atoms with E-state index >= 15 is 0 Å². The maximum atomic E-state index is 11.8. The molecule has 0 fully saturated rings. The summed E-state index contributed by atoms with van der Waals surface area (Å²) in [7, 11) is 1.28. The number of carbonyl (C=O) groups excluding carboxylic acids is 1. The average Bonchev–Trinajstić information content (AvgIpc) is 2.87. The molecule has 3 aromatic heterocycles. The highest BCUT2D eigenvalue weighted by atomic mass is 16.5. The van der Waals surface area contributed by atoms with Gasteiger partial charge in [-0.25, -0.2) is 9.78 Å². The van der Waals surface area contributed by atoms with Crippen molar-refractivity contribution in [2.45, 2.75) is 0 Å². The van der Waals surface area contributed by atoms with Gasteiger partial charge in [0.15, 0.2) is 5.69 Å². The van der Waals surface area contributed by atoms with Crippen molar-refractivity contribution < 1.29 is 9.53 Å². The number of carbonyl (C=O) groups is 1. The van der Waals surface area contributed by atoms with Crippen molar-refractivity contribution in [1.82, 2.24) is 14.4 Å². The third kappa shape index (κ3) is 1.39. The zero-order valence-electron chi connectivity index (χ0n) is 9.51. The van der Waals surface area contributed by atoms with Crippen LogP contribution in [0.15, 0.2) is 35.4 Å². The summed E-state index contributed by atoms with van der Waals surface area (Å²) < 4.78 is 6.31. The normalized spacial score (nSPS) is 10.9. The van der Waals surface area contributed by atoms with Crippen LogP contribution in [0.1, 0.15) is 10.5 Å². The van der Waals surface area contributed by atoms with Gasteiger partial charge in [0.2, 0.25) is 0 Å². The Kier molecular flexibility index (Phi) is 2.16. The number of esters is 1. The Bertz CT molecular complexity index is 816. The van der Waals surface area contributed by atoms with Gasteiger partial charge in [-0.2, -0.15) is 0 Å². The molecule has 3 rings (SSSR count). The van der Waals surface area contributed by atoms with Gasteiger partial charge in [-0.15, -0.1) is 0 Å². The highest BCUT2D eigenvalue weighted by Crippen LogP contribution is 2.13. The molecule has 0 aliphatic rings. The van der Waals surface area contributed by atoms with Gasteiger partial charge in [0.1, 0.15) is 5.52 Å². The fraction of sp³-hybridized carbons (Fsp3) is 0.0833. The molecule has 3 heterocycles. The van der Waals surface area contributed by atoms with E-state index in [4.69, 9.17) is 0 Å². The Morgan fingerprint density at radius 3 is 3.06 bits per heavy atom. The molecule has 0 aliphatic heterocycles.